The first kappa shape index (κ1) is 22.8. The molecule has 3 rings (SSSR count). The molecular formula is C24H30Cl2N2. The molecule has 1 aliphatic carbocycles. The minimum absolute atomic E-state index is 0.117. The molecule has 1 saturated carbocycles. The summed E-state index contributed by atoms with van der Waals surface area (Å²) in [4.78, 5) is 2.39. The van der Waals surface area contributed by atoms with Crippen molar-refractivity contribution >= 4 is 23.2 Å². The maximum absolute atomic E-state index is 7.32. The first-order valence-corrected chi connectivity index (χ1v) is 10.8. The normalized spacial score (nSPS) is 21.1. The van der Waals surface area contributed by atoms with E-state index in [0.29, 0.717) is 5.92 Å². The summed E-state index contributed by atoms with van der Waals surface area (Å²) in [5, 5.41) is 7.55. The van der Waals surface area contributed by atoms with Gasteiger partial charge in [-0.15, -0.1) is 23.2 Å². The molecule has 0 saturated heterocycles. The fourth-order valence-electron chi connectivity index (χ4n) is 3.69. The lowest BCUT2D eigenvalue weighted by atomic mass is 9.96. The van der Waals surface area contributed by atoms with Crippen molar-refractivity contribution in [1.29, 1.82) is 5.26 Å². The van der Waals surface area contributed by atoms with Gasteiger partial charge in [-0.25, -0.2) is 0 Å². The number of benzene rings is 2. The summed E-state index contributed by atoms with van der Waals surface area (Å²) in [5.74, 6) is 0.524. The van der Waals surface area contributed by atoms with Crippen LogP contribution in [0.2, 0.25) is 0 Å². The van der Waals surface area contributed by atoms with Crippen LogP contribution in [-0.4, -0.2) is 29.2 Å². The monoisotopic (exact) mass is 416 g/mol. The molecule has 150 valence electrons. The molecule has 1 aliphatic rings. The zero-order valence-corrected chi connectivity index (χ0v) is 18.3. The van der Waals surface area contributed by atoms with Gasteiger partial charge in [-0.3, -0.25) is 0 Å². The van der Waals surface area contributed by atoms with Gasteiger partial charge >= 0.3 is 0 Å². The molecule has 2 atom stereocenters. The number of nitriles is 1. The van der Waals surface area contributed by atoms with E-state index in [2.05, 4.69) is 66.5 Å². The van der Waals surface area contributed by atoms with Gasteiger partial charge in [-0.1, -0.05) is 54.6 Å². The van der Waals surface area contributed by atoms with Gasteiger partial charge < -0.3 is 4.90 Å². The highest BCUT2D eigenvalue weighted by molar-refractivity contribution is 6.30. The molecular weight excluding hydrogens is 387 g/mol. The molecule has 0 aromatic heterocycles. The Morgan fingerprint density at radius 1 is 0.964 bits per heavy atom. The third-order valence-electron chi connectivity index (χ3n) is 5.16. The van der Waals surface area contributed by atoms with Crippen LogP contribution in [0.1, 0.15) is 48.8 Å². The van der Waals surface area contributed by atoms with Crippen LogP contribution in [0.5, 0.6) is 0 Å². The van der Waals surface area contributed by atoms with Gasteiger partial charge in [0.1, 0.15) is 0 Å². The predicted octanol–water partition coefficient (Wildman–Crippen LogP) is 6.37. The third kappa shape index (κ3) is 7.47. The lowest BCUT2D eigenvalue weighted by Gasteiger charge is -2.16. The number of hydrogen-bond donors (Lipinski definition) is 0. The van der Waals surface area contributed by atoms with Crippen molar-refractivity contribution in [1.82, 2.24) is 4.90 Å². The summed E-state index contributed by atoms with van der Waals surface area (Å²) < 4.78 is 0. The average molecular weight is 417 g/mol. The largest absolute Gasteiger partial charge is 0.302 e. The van der Waals surface area contributed by atoms with E-state index in [1.807, 2.05) is 0 Å². The van der Waals surface area contributed by atoms with Gasteiger partial charge in [0, 0.05) is 13.5 Å². The van der Waals surface area contributed by atoms with Crippen LogP contribution >= 0.6 is 23.2 Å². The van der Waals surface area contributed by atoms with E-state index >= 15 is 0 Å². The van der Waals surface area contributed by atoms with Crippen molar-refractivity contribution in [3.63, 3.8) is 0 Å². The maximum atomic E-state index is 7.32. The van der Waals surface area contributed by atoms with Crippen molar-refractivity contribution in [2.75, 3.05) is 13.6 Å². The molecule has 0 spiro atoms. The maximum Gasteiger partial charge on any atom is 0.0587 e. The van der Waals surface area contributed by atoms with Crippen LogP contribution in [0.4, 0.5) is 0 Å². The van der Waals surface area contributed by atoms with Crippen molar-refractivity contribution in [3.8, 4) is 6.07 Å². The van der Waals surface area contributed by atoms with Crippen molar-refractivity contribution in [3.05, 3.63) is 71.3 Å². The summed E-state index contributed by atoms with van der Waals surface area (Å²) in [6.07, 6.45) is 4.30. The molecule has 2 nitrogen and oxygen atoms in total. The second-order valence-corrected chi connectivity index (χ2v) is 8.61. The van der Waals surface area contributed by atoms with Crippen LogP contribution < -0.4 is 0 Å². The molecule has 28 heavy (non-hydrogen) atoms. The van der Waals surface area contributed by atoms with E-state index in [1.165, 1.54) is 30.0 Å². The zero-order chi connectivity index (χ0) is 20.4. The van der Waals surface area contributed by atoms with Gasteiger partial charge in [-0.2, -0.15) is 5.26 Å². The van der Waals surface area contributed by atoms with Crippen LogP contribution in [0.3, 0.4) is 0 Å². The molecule has 2 aromatic rings. The highest BCUT2D eigenvalue weighted by Crippen LogP contribution is 2.40. The van der Waals surface area contributed by atoms with Crippen LogP contribution in [0.25, 0.3) is 0 Å². The summed E-state index contributed by atoms with van der Waals surface area (Å²) >= 11 is 12.5. The quantitative estimate of drug-likeness (QED) is 0.489. The van der Waals surface area contributed by atoms with Crippen LogP contribution in [-0.2, 0) is 13.0 Å². The number of alkyl halides is 2. The molecule has 0 bridgehead atoms. The fourth-order valence-corrected chi connectivity index (χ4v) is 4.33. The highest BCUT2D eigenvalue weighted by Gasteiger charge is 2.32. The summed E-state index contributed by atoms with van der Waals surface area (Å²) in [6, 6.07) is 21.5. The Balaban J connectivity index is 0.000000878. The van der Waals surface area contributed by atoms with Gasteiger partial charge in [0.25, 0.3) is 0 Å². The Labute approximate surface area is 180 Å². The Kier molecular flexibility index (Phi) is 9.85. The average Bonchev–Trinajstić information content (AvgIpc) is 3.02. The number of halogens is 2. The molecule has 4 heteroatoms. The van der Waals surface area contributed by atoms with Gasteiger partial charge in [0.15, 0.2) is 0 Å². The molecule has 0 N–H and O–H groups in total. The van der Waals surface area contributed by atoms with Crippen molar-refractivity contribution in [2.24, 2.45) is 0 Å². The molecule has 2 aromatic carbocycles. The number of hydrogen-bond acceptors (Lipinski definition) is 2. The van der Waals surface area contributed by atoms with Crippen molar-refractivity contribution in [2.45, 2.75) is 55.8 Å². The predicted molar refractivity (Wildman–Crippen MR) is 120 cm³/mol. The Hall–Kier alpha value is -1.53. The molecule has 0 heterocycles. The number of nitrogens with zero attached hydrogens (tertiary/aromatic N) is 2. The van der Waals surface area contributed by atoms with Gasteiger partial charge in [-0.05, 0) is 61.9 Å². The van der Waals surface area contributed by atoms with E-state index < -0.39 is 0 Å². The third-order valence-corrected chi connectivity index (χ3v) is 6.26. The van der Waals surface area contributed by atoms with Gasteiger partial charge in [0.05, 0.1) is 16.8 Å². The fraction of sp³-hybridized carbons (Fsp3) is 0.458. The standard InChI is InChI=1S/C22H27Cl2N.C2H3N/c1-25(16-18-6-3-2-4-7-18)13-5-8-17-9-11-19(12-10-17)20-14-21(23)22(24)15-20;1-2-3/h2-4,6-7,9-12,20-22H,5,8,13-16H2,1H3;1H3. The number of aryl methyl sites for hydroxylation is 1. The minimum atomic E-state index is 0.117. The first-order valence-electron chi connectivity index (χ1n) is 9.93. The minimum Gasteiger partial charge on any atom is -0.302 e. The lowest BCUT2D eigenvalue weighted by molar-refractivity contribution is 0.322. The lowest BCUT2D eigenvalue weighted by Crippen LogP contribution is -2.19. The van der Waals surface area contributed by atoms with E-state index in [4.69, 9.17) is 28.5 Å². The van der Waals surface area contributed by atoms with E-state index in [9.17, 15) is 0 Å². The van der Waals surface area contributed by atoms with E-state index in [1.54, 1.807) is 6.07 Å². The summed E-state index contributed by atoms with van der Waals surface area (Å²) in [6.45, 7) is 3.56. The molecule has 2 unspecified atom stereocenters. The molecule has 0 amide bonds. The summed E-state index contributed by atoms with van der Waals surface area (Å²) in [7, 11) is 2.20. The van der Waals surface area contributed by atoms with Crippen LogP contribution in [0.15, 0.2) is 54.6 Å². The van der Waals surface area contributed by atoms with Gasteiger partial charge in [0.2, 0.25) is 0 Å². The topological polar surface area (TPSA) is 27.0 Å². The van der Waals surface area contributed by atoms with E-state index in [-0.39, 0.29) is 10.8 Å². The van der Waals surface area contributed by atoms with Crippen LogP contribution in [0, 0.1) is 11.3 Å². The SMILES string of the molecule is CC#N.CN(CCCc1ccc(C2CC(Cl)C(Cl)C2)cc1)Cc1ccccc1. The molecule has 1 fully saturated rings. The number of rotatable bonds is 7. The van der Waals surface area contributed by atoms with E-state index in [0.717, 1.165) is 32.4 Å². The Morgan fingerprint density at radius 2 is 1.54 bits per heavy atom. The molecule has 0 aliphatic heterocycles. The smallest absolute Gasteiger partial charge is 0.0587 e. The highest BCUT2D eigenvalue weighted by atomic mass is 35.5. The second-order valence-electron chi connectivity index (χ2n) is 7.49. The second kappa shape index (κ2) is 12.1. The zero-order valence-electron chi connectivity index (χ0n) is 16.8. The first-order chi connectivity index (χ1) is 13.5. The Morgan fingerprint density at radius 3 is 2.11 bits per heavy atom. The summed E-state index contributed by atoms with van der Waals surface area (Å²) in [5.41, 5.74) is 4.18. The Bertz CT molecular complexity index is 715. The molecule has 0 radical (unpaired) electrons. The van der Waals surface area contributed by atoms with Crippen molar-refractivity contribution < 1.29 is 0 Å².